The molecule has 1 fully saturated rings. The standard InChI is InChI=1S/C26H28N6O/c1-19-7-9-22(10-8-19)29-24-17-25(28-20(2)27-24)30-13-15-31(16-14-30)26(33)18-32-12-11-21-5-3-4-6-23(21)32/h3-12,17H,13-16,18H2,1-2H3,(H,27,28,29). The Labute approximate surface area is 193 Å². The van der Waals surface area contributed by atoms with Crippen molar-refractivity contribution in [2.24, 2.45) is 0 Å². The third-order valence-corrected chi connectivity index (χ3v) is 6.09. The highest BCUT2D eigenvalue weighted by molar-refractivity contribution is 5.83. The molecule has 0 spiro atoms. The number of fused-ring (bicyclic) bond motifs is 1. The summed E-state index contributed by atoms with van der Waals surface area (Å²) in [6.07, 6.45) is 1.99. The van der Waals surface area contributed by atoms with Crippen LogP contribution in [0.15, 0.2) is 66.9 Å². The maximum absolute atomic E-state index is 12.9. The lowest BCUT2D eigenvalue weighted by atomic mass is 10.2. The molecule has 0 aliphatic carbocycles. The van der Waals surface area contributed by atoms with Crippen molar-refractivity contribution in [2.75, 3.05) is 36.4 Å². The predicted octanol–water partition coefficient (Wildman–Crippen LogP) is 4.14. The lowest BCUT2D eigenvalue weighted by molar-refractivity contribution is -0.132. The highest BCUT2D eigenvalue weighted by Gasteiger charge is 2.23. The smallest absolute Gasteiger partial charge is 0.242 e. The van der Waals surface area contributed by atoms with Crippen LogP contribution >= 0.6 is 0 Å². The molecular weight excluding hydrogens is 412 g/mol. The number of anilines is 3. The summed E-state index contributed by atoms with van der Waals surface area (Å²) in [6.45, 7) is 7.21. The van der Waals surface area contributed by atoms with E-state index in [2.05, 4.69) is 57.4 Å². The molecule has 1 aliphatic rings. The fraction of sp³-hybridized carbons (Fsp3) is 0.269. The maximum atomic E-state index is 12.9. The van der Waals surface area contributed by atoms with Crippen LogP contribution in [0.3, 0.4) is 0 Å². The van der Waals surface area contributed by atoms with Crippen molar-refractivity contribution in [3.63, 3.8) is 0 Å². The van der Waals surface area contributed by atoms with Crippen molar-refractivity contribution >= 4 is 34.1 Å². The van der Waals surface area contributed by atoms with E-state index in [9.17, 15) is 4.79 Å². The summed E-state index contributed by atoms with van der Waals surface area (Å²) in [6, 6.07) is 20.4. The first-order valence-corrected chi connectivity index (χ1v) is 11.3. The molecule has 33 heavy (non-hydrogen) atoms. The van der Waals surface area contributed by atoms with Gasteiger partial charge in [-0.1, -0.05) is 35.9 Å². The molecule has 1 N–H and O–H groups in total. The van der Waals surface area contributed by atoms with Crippen molar-refractivity contribution in [1.29, 1.82) is 0 Å². The van der Waals surface area contributed by atoms with Gasteiger partial charge in [0, 0.05) is 49.6 Å². The zero-order chi connectivity index (χ0) is 22.8. The summed E-state index contributed by atoms with van der Waals surface area (Å²) >= 11 is 0. The van der Waals surface area contributed by atoms with Gasteiger partial charge in [-0.25, -0.2) is 9.97 Å². The normalized spacial score (nSPS) is 14.0. The van der Waals surface area contributed by atoms with E-state index in [-0.39, 0.29) is 5.91 Å². The molecule has 7 heteroatoms. The maximum Gasteiger partial charge on any atom is 0.242 e. The van der Waals surface area contributed by atoms with Gasteiger partial charge in [-0.05, 0) is 43.5 Å². The molecule has 1 amide bonds. The minimum Gasteiger partial charge on any atom is -0.353 e. The van der Waals surface area contributed by atoms with E-state index in [1.807, 2.05) is 52.9 Å². The van der Waals surface area contributed by atoms with E-state index in [4.69, 9.17) is 0 Å². The largest absolute Gasteiger partial charge is 0.353 e. The molecule has 2 aromatic carbocycles. The van der Waals surface area contributed by atoms with Crippen molar-refractivity contribution in [3.8, 4) is 0 Å². The number of para-hydroxylation sites is 1. The summed E-state index contributed by atoms with van der Waals surface area (Å²) in [5, 5.41) is 4.53. The number of amides is 1. The number of nitrogens with zero attached hydrogens (tertiary/aromatic N) is 5. The van der Waals surface area contributed by atoms with Crippen LogP contribution in [0.1, 0.15) is 11.4 Å². The number of hydrogen-bond donors (Lipinski definition) is 1. The van der Waals surface area contributed by atoms with Crippen molar-refractivity contribution < 1.29 is 4.79 Å². The lowest BCUT2D eigenvalue weighted by Gasteiger charge is -2.35. The third-order valence-electron chi connectivity index (χ3n) is 6.09. The number of benzene rings is 2. The molecule has 3 heterocycles. The van der Waals surface area contributed by atoms with Gasteiger partial charge >= 0.3 is 0 Å². The minimum atomic E-state index is 0.150. The van der Waals surface area contributed by atoms with Gasteiger partial charge in [0.25, 0.3) is 0 Å². The molecule has 4 aromatic rings. The first-order chi connectivity index (χ1) is 16.0. The molecule has 1 saturated heterocycles. The number of aromatic nitrogens is 3. The van der Waals surface area contributed by atoms with Crippen LogP contribution in [-0.4, -0.2) is 51.5 Å². The second-order valence-electron chi connectivity index (χ2n) is 8.52. The van der Waals surface area contributed by atoms with E-state index in [0.29, 0.717) is 19.6 Å². The summed E-state index contributed by atoms with van der Waals surface area (Å²) in [5.41, 5.74) is 3.31. The number of nitrogens with one attached hydrogen (secondary N) is 1. The fourth-order valence-corrected chi connectivity index (χ4v) is 4.27. The Hall–Kier alpha value is -3.87. The van der Waals surface area contributed by atoms with E-state index in [0.717, 1.165) is 47.1 Å². The van der Waals surface area contributed by atoms with E-state index in [1.54, 1.807) is 0 Å². The molecule has 5 rings (SSSR count). The Morgan fingerprint density at radius 2 is 1.70 bits per heavy atom. The average Bonchev–Trinajstić information content (AvgIpc) is 3.23. The van der Waals surface area contributed by atoms with Gasteiger partial charge < -0.3 is 19.7 Å². The summed E-state index contributed by atoms with van der Waals surface area (Å²) in [4.78, 5) is 26.3. The van der Waals surface area contributed by atoms with Crippen molar-refractivity contribution in [3.05, 3.63) is 78.2 Å². The van der Waals surface area contributed by atoms with Crippen LogP contribution < -0.4 is 10.2 Å². The summed E-state index contributed by atoms with van der Waals surface area (Å²) in [7, 11) is 0. The van der Waals surface area contributed by atoms with Gasteiger partial charge in [-0.15, -0.1) is 0 Å². The Bertz CT molecular complexity index is 1270. The molecule has 1 aliphatic heterocycles. The van der Waals surface area contributed by atoms with Crippen LogP contribution in [0, 0.1) is 13.8 Å². The Morgan fingerprint density at radius 3 is 2.48 bits per heavy atom. The second-order valence-corrected chi connectivity index (χ2v) is 8.52. The lowest BCUT2D eigenvalue weighted by Crippen LogP contribution is -2.49. The van der Waals surface area contributed by atoms with E-state index < -0.39 is 0 Å². The number of carbonyl (C=O) groups excluding carboxylic acids is 1. The minimum absolute atomic E-state index is 0.150. The Morgan fingerprint density at radius 1 is 0.939 bits per heavy atom. The molecular formula is C26H28N6O. The first kappa shape index (κ1) is 21.0. The van der Waals surface area contributed by atoms with Gasteiger partial charge in [-0.2, -0.15) is 0 Å². The third kappa shape index (κ3) is 4.67. The van der Waals surface area contributed by atoms with Crippen LogP contribution in [0.25, 0.3) is 10.9 Å². The van der Waals surface area contributed by atoms with Crippen LogP contribution in [0.4, 0.5) is 17.3 Å². The highest BCUT2D eigenvalue weighted by atomic mass is 16.2. The van der Waals surface area contributed by atoms with Crippen molar-refractivity contribution in [2.45, 2.75) is 20.4 Å². The molecule has 2 aromatic heterocycles. The quantitative estimate of drug-likeness (QED) is 0.505. The Kier molecular flexibility index (Phi) is 5.69. The average molecular weight is 441 g/mol. The molecule has 0 bridgehead atoms. The van der Waals surface area contributed by atoms with Crippen LogP contribution in [0.2, 0.25) is 0 Å². The van der Waals surface area contributed by atoms with Crippen molar-refractivity contribution in [1.82, 2.24) is 19.4 Å². The zero-order valence-corrected chi connectivity index (χ0v) is 19.0. The highest BCUT2D eigenvalue weighted by Crippen LogP contribution is 2.22. The number of piperazine rings is 1. The van der Waals surface area contributed by atoms with Gasteiger partial charge in [0.05, 0.1) is 0 Å². The monoisotopic (exact) mass is 440 g/mol. The molecule has 168 valence electrons. The predicted molar refractivity (Wildman–Crippen MR) is 132 cm³/mol. The summed E-state index contributed by atoms with van der Waals surface area (Å²) in [5.74, 6) is 2.54. The molecule has 0 atom stereocenters. The number of aryl methyl sites for hydroxylation is 2. The second kappa shape index (κ2) is 8.94. The Balaban J connectivity index is 1.23. The van der Waals surface area contributed by atoms with Gasteiger partial charge in [-0.3, -0.25) is 4.79 Å². The SMILES string of the molecule is Cc1ccc(Nc2cc(N3CCN(C(=O)Cn4ccc5ccccc54)CC3)nc(C)n2)cc1. The van der Waals surface area contributed by atoms with E-state index in [1.165, 1.54) is 5.56 Å². The van der Waals surface area contributed by atoms with Gasteiger partial charge in [0.2, 0.25) is 5.91 Å². The first-order valence-electron chi connectivity index (χ1n) is 11.3. The van der Waals surface area contributed by atoms with Gasteiger partial charge in [0.15, 0.2) is 0 Å². The van der Waals surface area contributed by atoms with E-state index >= 15 is 0 Å². The van der Waals surface area contributed by atoms with Crippen LogP contribution in [0.5, 0.6) is 0 Å². The number of carbonyl (C=O) groups is 1. The molecule has 0 radical (unpaired) electrons. The zero-order valence-electron chi connectivity index (χ0n) is 19.0. The van der Waals surface area contributed by atoms with Gasteiger partial charge in [0.1, 0.15) is 24.0 Å². The number of hydrogen-bond acceptors (Lipinski definition) is 5. The topological polar surface area (TPSA) is 66.3 Å². The fourth-order valence-electron chi connectivity index (χ4n) is 4.27. The summed E-state index contributed by atoms with van der Waals surface area (Å²) < 4.78 is 2.03. The number of rotatable bonds is 5. The molecule has 7 nitrogen and oxygen atoms in total. The molecule has 0 saturated carbocycles. The molecule has 0 unspecified atom stereocenters. The van der Waals surface area contributed by atoms with Crippen LogP contribution in [-0.2, 0) is 11.3 Å².